The first-order chi connectivity index (χ1) is 5.15. The Hall–Kier alpha value is -0.0800. The monoisotopic (exact) mass is 321 g/mol. The molecule has 0 radical (unpaired) electrons. The minimum atomic E-state index is 0.748. The first-order valence-electron chi connectivity index (χ1n) is 3.01. The van der Waals surface area contributed by atoms with Gasteiger partial charge >= 0.3 is 0 Å². The van der Waals surface area contributed by atoms with Crippen LogP contribution in [0.5, 0.6) is 0 Å². The van der Waals surface area contributed by atoms with Crippen LogP contribution in [0.2, 0.25) is 0 Å². The van der Waals surface area contributed by atoms with E-state index in [1.165, 1.54) is 0 Å². The second-order valence-corrected chi connectivity index (χ2v) is 4.21. The molecule has 0 unspecified atom stereocenters. The van der Waals surface area contributed by atoms with E-state index in [-0.39, 0.29) is 0 Å². The Morgan fingerprint density at radius 2 is 2.18 bits per heavy atom. The molecular formula is C8H5BrIN. The van der Waals surface area contributed by atoms with Gasteiger partial charge in [-0.25, -0.2) is 0 Å². The third kappa shape index (κ3) is 1.94. The fourth-order valence-electron chi connectivity index (χ4n) is 0.767. The molecule has 0 spiro atoms. The number of hydrogen-bond donors (Lipinski definition) is 0. The molecular weight excluding hydrogens is 317 g/mol. The molecule has 1 aromatic rings. The normalized spacial score (nSPS) is 9.27. The zero-order valence-electron chi connectivity index (χ0n) is 5.86. The number of rotatable bonds is 0. The fourth-order valence-corrected chi connectivity index (χ4v) is 1.69. The smallest absolute Gasteiger partial charge is 0.0994 e. The van der Waals surface area contributed by atoms with E-state index >= 15 is 0 Å². The van der Waals surface area contributed by atoms with E-state index in [0.29, 0.717) is 0 Å². The third-order valence-corrected chi connectivity index (χ3v) is 3.68. The summed E-state index contributed by atoms with van der Waals surface area (Å²) in [6, 6.07) is 5.97. The lowest BCUT2D eigenvalue weighted by molar-refractivity contribution is 1.36. The molecule has 11 heavy (non-hydrogen) atoms. The minimum Gasteiger partial charge on any atom is -0.192 e. The minimum absolute atomic E-state index is 0.748. The van der Waals surface area contributed by atoms with Crippen molar-refractivity contribution in [2.24, 2.45) is 0 Å². The molecule has 0 aliphatic carbocycles. The van der Waals surface area contributed by atoms with Gasteiger partial charge in [0.2, 0.25) is 0 Å². The summed E-state index contributed by atoms with van der Waals surface area (Å²) < 4.78 is 2.12. The average Bonchev–Trinajstić information content (AvgIpc) is 1.97. The maximum Gasteiger partial charge on any atom is 0.0994 e. The molecule has 1 nitrogen and oxygen atoms in total. The Morgan fingerprint density at radius 1 is 1.55 bits per heavy atom. The lowest BCUT2D eigenvalue weighted by Crippen LogP contribution is -1.84. The molecule has 0 atom stereocenters. The Balaban J connectivity index is 3.35. The fraction of sp³-hybridized carbons (Fsp3) is 0.125. The van der Waals surface area contributed by atoms with Crippen molar-refractivity contribution in [1.82, 2.24) is 0 Å². The molecule has 0 aliphatic rings. The van der Waals surface area contributed by atoms with E-state index in [1.54, 1.807) is 0 Å². The van der Waals surface area contributed by atoms with Crippen LogP contribution in [-0.2, 0) is 0 Å². The Kier molecular flexibility index (Phi) is 2.90. The summed E-state index contributed by atoms with van der Waals surface area (Å²) in [4.78, 5) is 0. The highest BCUT2D eigenvalue weighted by atomic mass is 127. The molecule has 0 heterocycles. The van der Waals surface area contributed by atoms with Crippen LogP contribution < -0.4 is 0 Å². The average molecular weight is 322 g/mol. The van der Waals surface area contributed by atoms with E-state index in [4.69, 9.17) is 5.26 Å². The van der Waals surface area contributed by atoms with Gasteiger partial charge in [0.05, 0.1) is 11.6 Å². The second kappa shape index (κ2) is 3.55. The van der Waals surface area contributed by atoms with Crippen molar-refractivity contribution < 1.29 is 0 Å². The standard InChI is InChI=1S/C8H5BrIN/c1-5-2-7(9)8(10)3-6(5)4-11/h2-3H,1H3. The van der Waals surface area contributed by atoms with Crippen molar-refractivity contribution in [3.63, 3.8) is 0 Å². The van der Waals surface area contributed by atoms with Gasteiger partial charge in [0.15, 0.2) is 0 Å². The van der Waals surface area contributed by atoms with Gasteiger partial charge in [-0.05, 0) is 63.1 Å². The molecule has 0 fully saturated rings. The van der Waals surface area contributed by atoms with Crippen LogP contribution in [-0.4, -0.2) is 0 Å². The summed E-state index contributed by atoms with van der Waals surface area (Å²) in [5.74, 6) is 0. The molecule has 0 bridgehead atoms. The summed E-state index contributed by atoms with van der Waals surface area (Å²) in [6.45, 7) is 1.93. The zero-order valence-corrected chi connectivity index (χ0v) is 9.60. The van der Waals surface area contributed by atoms with Gasteiger partial charge in [0, 0.05) is 8.04 Å². The second-order valence-electron chi connectivity index (χ2n) is 2.19. The van der Waals surface area contributed by atoms with Crippen molar-refractivity contribution in [3.8, 4) is 6.07 Å². The van der Waals surface area contributed by atoms with Crippen LogP contribution in [0.4, 0.5) is 0 Å². The molecule has 0 saturated heterocycles. The highest BCUT2D eigenvalue weighted by Gasteiger charge is 2.01. The first-order valence-corrected chi connectivity index (χ1v) is 4.88. The molecule has 0 aromatic heterocycles. The SMILES string of the molecule is Cc1cc(Br)c(I)cc1C#N. The van der Waals surface area contributed by atoms with Gasteiger partial charge < -0.3 is 0 Å². The van der Waals surface area contributed by atoms with Crippen molar-refractivity contribution in [2.45, 2.75) is 6.92 Å². The summed E-state index contributed by atoms with van der Waals surface area (Å²) in [5, 5.41) is 8.67. The van der Waals surface area contributed by atoms with Gasteiger partial charge in [-0.2, -0.15) is 5.26 Å². The van der Waals surface area contributed by atoms with Crippen LogP contribution in [0.15, 0.2) is 16.6 Å². The largest absolute Gasteiger partial charge is 0.192 e. The van der Waals surface area contributed by atoms with Gasteiger partial charge in [0.1, 0.15) is 0 Å². The van der Waals surface area contributed by atoms with Crippen LogP contribution in [0, 0.1) is 21.8 Å². The van der Waals surface area contributed by atoms with Crippen LogP contribution in [0.25, 0.3) is 0 Å². The molecule has 1 aromatic carbocycles. The lowest BCUT2D eigenvalue weighted by Gasteiger charge is -1.99. The lowest BCUT2D eigenvalue weighted by atomic mass is 10.1. The van der Waals surface area contributed by atoms with E-state index in [1.807, 2.05) is 19.1 Å². The van der Waals surface area contributed by atoms with Crippen molar-refractivity contribution in [1.29, 1.82) is 5.26 Å². The van der Waals surface area contributed by atoms with Crippen LogP contribution >= 0.6 is 38.5 Å². The van der Waals surface area contributed by atoms with Crippen molar-refractivity contribution in [2.75, 3.05) is 0 Å². The number of nitriles is 1. The predicted molar refractivity (Wildman–Crippen MR) is 56.3 cm³/mol. The van der Waals surface area contributed by atoms with E-state index in [2.05, 4.69) is 44.6 Å². The summed E-state index contributed by atoms with van der Waals surface area (Å²) in [6.07, 6.45) is 0. The van der Waals surface area contributed by atoms with E-state index < -0.39 is 0 Å². The number of aryl methyl sites for hydroxylation is 1. The highest BCUT2D eigenvalue weighted by molar-refractivity contribution is 14.1. The van der Waals surface area contributed by atoms with Gasteiger partial charge in [-0.3, -0.25) is 0 Å². The van der Waals surface area contributed by atoms with Gasteiger partial charge in [-0.1, -0.05) is 0 Å². The first kappa shape index (κ1) is 9.01. The maximum absolute atomic E-state index is 8.67. The number of halogens is 2. The summed E-state index contributed by atoms with van der Waals surface area (Å²) in [5.41, 5.74) is 1.76. The molecule has 0 aliphatic heterocycles. The van der Waals surface area contributed by atoms with Gasteiger partial charge in [0.25, 0.3) is 0 Å². The van der Waals surface area contributed by atoms with Crippen LogP contribution in [0.1, 0.15) is 11.1 Å². The number of nitrogens with zero attached hydrogens (tertiary/aromatic N) is 1. The van der Waals surface area contributed by atoms with E-state index in [9.17, 15) is 0 Å². The molecule has 0 saturated carbocycles. The highest BCUT2D eigenvalue weighted by Crippen LogP contribution is 2.22. The third-order valence-electron chi connectivity index (χ3n) is 1.39. The Labute approximate surface area is 87.7 Å². The maximum atomic E-state index is 8.67. The molecule has 56 valence electrons. The number of hydrogen-bond acceptors (Lipinski definition) is 1. The van der Waals surface area contributed by atoms with Crippen LogP contribution in [0.3, 0.4) is 0 Å². The Bertz CT molecular complexity index is 328. The quantitative estimate of drug-likeness (QED) is 0.673. The molecule has 0 N–H and O–H groups in total. The summed E-state index contributed by atoms with van der Waals surface area (Å²) in [7, 11) is 0. The number of benzene rings is 1. The van der Waals surface area contributed by atoms with Crippen molar-refractivity contribution >= 4 is 38.5 Å². The van der Waals surface area contributed by atoms with E-state index in [0.717, 1.165) is 19.2 Å². The van der Waals surface area contributed by atoms with Gasteiger partial charge in [-0.15, -0.1) is 0 Å². The Morgan fingerprint density at radius 3 is 2.73 bits per heavy atom. The zero-order chi connectivity index (χ0) is 8.43. The molecule has 3 heteroatoms. The summed E-state index contributed by atoms with van der Waals surface area (Å²) >= 11 is 5.58. The predicted octanol–water partition coefficient (Wildman–Crippen LogP) is 3.23. The molecule has 0 amide bonds. The topological polar surface area (TPSA) is 23.8 Å². The van der Waals surface area contributed by atoms with Crippen molar-refractivity contribution in [3.05, 3.63) is 31.3 Å². The molecule has 1 rings (SSSR count).